The number of nitrogens with zero attached hydrogens (tertiary/aromatic N) is 3. The van der Waals surface area contributed by atoms with Crippen LogP contribution in [0.4, 0.5) is 10.2 Å². The number of amides is 1. The van der Waals surface area contributed by atoms with Crippen molar-refractivity contribution in [3.05, 3.63) is 35.7 Å². The number of anilines is 1. The number of carbonyl (C=O) groups excluding carboxylic acids is 1. The quantitative estimate of drug-likeness (QED) is 0.559. The van der Waals surface area contributed by atoms with Crippen LogP contribution in [0.25, 0.3) is 22.4 Å². The lowest BCUT2D eigenvalue weighted by Gasteiger charge is -2.28. The lowest BCUT2D eigenvalue weighted by atomic mass is 9.97. The Balaban J connectivity index is 0.00000280. The molecule has 3 aromatic heterocycles. The number of fused-ring (bicyclic) bond motifs is 1. The normalized spacial score (nSPS) is 13.3. The van der Waals surface area contributed by atoms with E-state index in [0.29, 0.717) is 28.7 Å². The molecular weight excluding hydrogens is 371 g/mol. The number of pyridine rings is 1. The maximum atomic E-state index is 12.4. The van der Waals surface area contributed by atoms with Gasteiger partial charge < -0.3 is 15.6 Å². The Kier molecular flexibility index (Phi) is 5.55. The number of carbonyl (C=O) groups is 1. The highest BCUT2D eigenvalue weighted by atomic mass is 35.5. The predicted molar refractivity (Wildman–Crippen MR) is 110 cm³/mol. The third-order valence-electron chi connectivity index (χ3n) is 4.39. The van der Waals surface area contributed by atoms with Gasteiger partial charge in [-0.3, -0.25) is 4.79 Å². The molecule has 1 amide bonds. The fourth-order valence-electron chi connectivity index (χ4n) is 2.67. The Bertz CT molecular complexity index is 976. The molecule has 0 aliphatic heterocycles. The maximum Gasteiger partial charge on any atom is 0.245 e. The van der Waals surface area contributed by atoms with E-state index >= 15 is 0 Å². The first-order valence-electron chi connectivity index (χ1n) is 8.55. The second kappa shape index (κ2) is 7.87. The minimum atomic E-state index is -0.925. The molecule has 1 atom stereocenters. The van der Waals surface area contributed by atoms with Crippen molar-refractivity contribution < 1.29 is 13.5 Å². The lowest BCUT2D eigenvalue weighted by molar-refractivity contribution is -0.125. The summed E-state index contributed by atoms with van der Waals surface area (Å²) >= 11 is 6.05. The van der Waals surface area contributed by atoms with Gasteiger partial charge in [-0.1, -0.05) is 18.5 Å². The van der Waals surface area contributed by atoms with Gasteiger partial charge in [0.1, 0.15) is 23.7 Å². The Morgan fingerprint density at radius 2 is 2.26 bits per heavy atom. The first-order valence-corrected chi connectivity index (χ1v) is 8.93. The monoisotopic (exact) mass is 396 g/mol. The zero-order valence-electron chi connectivity index (χ0n) is 15.0. The molecule has 9 heteroatoms. The summed E-state index contributed by atoms with van der Waals surface area (Å²) in [6.07, 6.45) is 5.43. The van der Waals surface area contributed by atoms with E-state index in [-0.39, 0.29) is 16.7 Å². The molecule has 3 aromatic rings. The molecule has 148 valence electrons. The summed E-state index contributed by atoms with van der Waals surface area (Å²) in [6, 6.07) is 3.47. The number of aromatic nitrogens is 4. The maximum absolute atomic E-state index is 12.4. The van der Waals surface area contributed by atoms with E-state index in [2.05, 4.69) is 30.6 Å². The molecule has 3 rings (SSSR count). The van der Waals surface area contributed by atoms with Gasteiger partial charge in [-0.05, 0) is 25.5 Å². The second-order valence-corrected chi connectivity index (χ2v) is 6.71. The molecule has 0 fully saturated rings. The number of aromatic amines is 1. The molecule has 0 radical (unpaired) electrons. The summed E-state index contributed by atoms with van der Waals surface area (Å²) in [6.45, 7) is 2.99. The van der Waals surface area contributed by atoms with Gasteiger partial charge in [-0.15, -0.1) is 0 Å². The highest BCUT2D eigenvalue weighted by molar-refractivity contribution is 6.31. The molecular formula is C18H26ClFN6O. The molecule has 0 spiro atoms. The van der Waals surface area contributed by atoms with Crippen molar-refractivity contribution in [2.24, 2.45) is 0 Å². The van der Waals surface area contributed by atoms with Crippen molar-refractivity contribution in [1.29, 1.82) is 0 Å². The molecule has 0 aliphatic rings. The topological polar surface area (TPSA) is 95.6 Å². The van der Waals surface area contributed by atoms with Gasteiger partial charge in [0.05, 0.1) is 5.02 Å². The molecule has 7 nitrogen and oxygen atoms in total. The number of H-pyrrole nitrogens is 1. The molecule has 0 bridgehead atoms. The van der Waals surface area contributed by atoms with E-state index in [1.165, 1.54) is 0 Å². The van der Waals surface area contributed by atoms with Crippen molar-refractivity contribution in [3.63, 3.8) is 0 Å². The van der Waals surface area contributed by atoms with Gasteiger partial charge >= 0.3 is 0 Å². The van der Waals surface area contributed by atoms with E-state index in [1.807, 2.05) is 6.92 Å². The lowest BCUT2D eigenvalue weighted by Crippen LogP contribution is -2.50. The number of rotatable bonds is 7. The summed E-state index contributed by atoms with van der Waals surface area (Å²) in [5.74, 6) is 0.674. The number of alkyl halides is 1. The largest absolute Gasteiger partial charge is 0.356 e. The highest BCUT2D eigenvalue weighted by Gasteiger charge is 2.31. The average molecular weight is 397 g/mol. The van der Waals surface area contributed by atoms with Gasteiger partial charge in [0.2, 0.25) is 5.91 Å². The number of hydrogen-bond donors (Lipinski definition) is 3. The van der Waals surface area contributed by atoms with Crippen LogP contribution in [0, 0.1) is 0 Å². The minimum absolute atomic E-state index is 0. The number of hydrogen-bond acceptors (Lipinski definition) is 5. The molecule has 0 aliphatic carbocycles. The fourth-order valence-corrected chi connectivity index (χ4v) is 2.82. The van der Waals surface area contributed by atoms with E-state index in [9.17, 15) is 9.18 Å². The molecule has 27 heavy (non-hydrogen) atoms. The smallest absolute Gasteiger partial charge is 0.245 e. The zero-order valence-corrected chi connectivity index (χ0v) is 15.8. The SMILES string of the molecule is CC[C@@](C)(Nc1ccnc(-c2c[nH]c3ncc(Cl)cc23)n1)C(=O)NCCF.[HH].[HH].[HH]. The third kappa shape index (κ3) is 4.00. The van der Waals surface area contributed by atoms with Crippen molar-refractivity contribution in [2.75, 3.05) is 18.5 Å². The van der Waals surface area contributed by atoms with Crippen LogP contribution in [0.3, 0.4) is 0 Å². The molecule has 0 saturated heterocycles. The van der Waals surface area contributed by atoms with Gasteiger partial charge in [0, 0.05) is 40.4 Å². The standard InChI is InChI=1S/C18H20ClFN6O.3H2/c1-3-18(2,17(27)22-7-5-20)26-14-4-6-21-16(25-14)13-10-24-15-12(13)8-11(19)9-23-15;;;/h4,6,8-10H,3,5,7H2,1-2H3,(H,22,27)(H,23,24)(H,21,25,26);3*1H/t18-;;;/m1.../s1. The number of halogens is 2. The molecule has 0 saturated carbocycles. The van der Waals surface area contributed by atoms with Gasteiger partial charge in [0.15, 0.2) is 5.82 Å². The van der Waals surface area contributed by atoms with E-state index in [1.54, 1.807) is 37.6 Å². The van der Waals surface area contributed by atoms with Gasteiger partial charge in [-0.2, -0.15) is 0 Å². The van der Waals surface area contributed by atoms with Gasteiger partial charge in [0.25, 0.3) is 0 Å². The van der Waals surface area contributed by atoms with Crippen molar-refractivity contribution >= 4 is 34.4 Å². The Hall–Kier alpha value is -2.74. The van der Waals surface area contributed by atoms with Crippen LogP contribution in [-0.2, 0) is 4.79 Å². The molecule has 3 N–H and O–H groups in total. The van der Waals surface area contributed by atoms with Crippen LogP contribution >= 0.6 is 11.6 Å². The van der Waals surface area contributed by atoms with Crippen LogP contribution in [-0.4, -0.2) is 44.6 Å². The number of nitrogens with one attached hydrogen (secondary N) is 3. The third-order valence-corrected chi connectivity index (χ3v) is 4.59. The van der Waals surface area contributed by atoms with Crippen LogP contribution < -0.4 is 10.6 Å². The average Bonchev–Trinajstić information content (AvgIpc) is 3.09. The highest BCUT2D eigenvalue weighted by Crippen LogP contribution is 2.28. The summed E-state index contributed by atoms with van der Waals surface area (Å²) in [4.78, 5) is 28.5. The minimum Gasteiger partial charge on any atom is -0.356 e. The van der Waals surface area contributed by atoms with E-state index < -0.39 is 12.2 Å². The molecule has 0 unspecified atom stereocenters. The fraction of sp³-hybridized carbons (Fsp3) is 0.333. The first kappa shape index (κ1) is 19.0. The summed E-state index contributed by atoms with van der Waals surface area (Å²) in [5.41, 5.74) is 0.510. The van der Waals surface area contributed by atoms with E-state index in [0.717, 1.165) is 10.9 Å². The Morgan fingerprint density at radius 3 is 3.00 bits per heavy atom. The molecule has 0 aromatic carbocycles. The molecule has 3 heterocycles. The van der Waals surface area contributed by atoms with Gasteiger partial charge in [-0.25, -0.2) is 19.3 Å². The Morgan fingerprint density at radius 1 is 1.44 bits per heavy atom. The second-order valence-electron chi connectivity index (χ2n) is 6.27. The van der Waals surface area contributed by atoms with Crippen molar-refractivity contribution in [1.82, 2.24) is 25.3 Å². The predicted octanol–water partition coefficient (Wildman–Crippen LogP) is 4.08. The van der Waals surface area contributed by atoms with Crippen molar-refractivity contribution in [3.8, 4) is 11.4 Å². The summed E-state index contributed by atoms with van der Waals surface area (Å²) in [5, 5.41) is 7.03. The van der Waals surface area contributed by atoms with Crippen LogP contribution in [0.2, 0.25) is 5.02 Å². The first-order chi connectivity index (χ1) is 13.0. The Labute approximate surface area is 165 Å². The van der Waals surface area contributed by atoms with Crippen LogP contribution in [0.5, 0.6) is 0 Å². The van der Waals surface area contributed by atoms with Crippen LogP contribution in [0.15, 0.2) is 30.7 Å². The van der Waals surface area contributed by atoms with Crippen LogP contribution in [0.1, 0.15) is 24.5 Å². The van der Waals surface area contributed by atoms with Crippen molar-refractivity contribution in [2.45, 2.75) is 25.8 Å². The zero-order chi connectivity index (χ0) is 19.4. The van der Waals surface area contributed by atoms with E-state index in [4.69, 9.17) is 11.6 Å². The summed E-state index contributed by atoms with van der Waals surface area (Å²) in [7, 11) is 0. The summed E-state index contributed by atoms with van der Waals surface area (Å²) < 4.78 is 12.4.